The zero-order chi connectivity index (χ0) is 13.3. The fourth-order valence-electron chi connectivity index (χ4n) is 2.77. The van der Waals surface area contributed by atoms with Crippen LogP contribution in [-0.2, 0) is 4.79 Å². The largest absolute Gasteiger partial charge is 0.481 e. The smallest absolute Gasteiger partial charge is 0.320 e. The number of aliphatic carboxylic acids is 1. The van der Waals surface area contributed by atoms with E-state index in [1.165, 1.54) is 0 Å². The van der Waals surface area contributed by atoms with Crippen LogP contribution in [0.4, 0.5) is 4.79 Å². The van der Waals surface area contributed by atoms with Gasteiger partial charge in [0.2, 0.25) is 0 Å². The summed E-state index contributed by atoms with van der Waals surface area (Å²) in [6, 6.07) is -0.135. The lowest BCUT2D eigenvalue weighted by atomic mass is 9.99. The highest BCUT2D eigenvalue weighted by Gasteiger charge is 2.38. The van der Waals surface area contributed by atoms with Gasteiger partial charge in [-0.1, -0.05) is 6.92 Å². The van der Waals surface area contributed by atoms with Crippen molar-refractivity contribution in [3.63, 3.8) is 0 Å². The van der Waals surface area contributed by atoms with Crippen LogP contribution in [0.3, 0.4) is 0 Å². The van der Waals surface area contributed by atoms with Crippen molar-refractivity contribution in [1.29, 1.82) is 0 Å². The second-order valence-electron chi connectivity index (χ2n) is 5.35. The van der Waals surface area contributed by atoms with Crippen molar-refractivity contribution in [2.45, 2.75) is 25.9 Å². The predicted molar refractivity (Wildman–Crippen MR) is 64.1 cm³/mol. The molecule has 6 nitrogen and oxygen atoms in total. The zero-order valence-electron chi connectivity index (χ0n) is 10.6. The van der Waals surface area contributed by atoms with E-state index in [0.29, 0.717) is 19.6 Å². The molecule has 0 aliphatic carbocycles. The van der Waals surface area contributed by atoms with E-state index in [1.807, 2.05) is 6.92 Å². The second-order valence-corrected chi connectivity index (χ2v) is 5.35. The molecule has 0 saturated carbocycles. The molecule has 0 spiro atoms. The number of carboxylic acids is 1. The standard InChI is InChI=1S/C12H20N2O4/c1-8-5-14(7-10(8)11(16)17)12(18)13-4-2-3-9(15)6-13/h8-10,15H,2-7H2,1H3,(H,16,17). The Bertz CT molecular complexity index is 347. The number of carbonyl (C=O) groups is 2. The molecule has 102 valence electrons. The summed E-state index contributed by atoms with van der Waals surface area (Å²) in [6.45, 7) is 3.64. The Kier molecular flexibility index (Phi) is 3.75. The van der Waals surface area contributed by atoms with Gasteiger partial charge in [0, 0.05) is 26.2 Å². The van der Waals surface area contributed by atoms with Crippen molar-refractivity contribution in [1.82, 2.24) is 9.80 Å². The molecule has 0 bridgehead atoms. The van der Waals surface area contributed by atoms with Gasteiger partial charge >= 0.3 is 12.0 Å². The van der Waals surface area contributed by atoms with Crippen LogP contribution in [-0.4, -0.2) is 64.3 Å². The minimum Gasteiger partial charge on any atom is -0.481 e. The van der Waals surface area contributed by atoms with Crippen LogP contribution in [0.15, 0.2) is 0 Å². The van der Waals surface area contributed by atoms with Gasteiger partial charge in [-0.2, -0.15) is 0 Å². The highest BCUT2D eigenvalue weighted by atomic mass is 16.4. The Balaban J connectivity index is 1.96. The zero-order valence-corrected chi connectivity index (χ0v) is 10.6. The molecule has 0 radical (unpaired) electrons. The van der Waals surface area contributed by atoms with Crippen molar-refractivity contribution in [3.05, 3.63) is 0 Å². The molecule has 0 aromatic rings. The van der Waals surface area contributed by atoms with E-state index in [2.05, 4.69) is 0 Å². The average molecular weight is 256 g/mol. The molecule has 2 saturated heterocycles. The van der Waals surface area contributed by atoms with Crippen LogP contribution in [0.1, 0.15) is 19.8 Å². The molecule has 3 atom stereocenters. The van der Waals surface area contributed by atoms with E-state index in [9.17, 15) is 14.7 Å². The third-order valence-electron chi connectivity index (χ3n) is 3.87. The van der Waals surface area contributed by atoms with E-state index in [4.69, 9.17) is 5.11 Å². The first kappa shape index (κ1) is 13.1. The van der Waals surface area contributed by atoms with Crippen LogP contribution >= 0.6 is 0 Å². The number of rotatable bonds is 1. The Labute approximate surface area is 106 Å². The van der Waals surface area contributed by atoms with Gasteiger partial charge in [-0.15, -0.1) is 0 Å². The topological polar surface area (TPSA) is 81.1 Å². The second kappa shape index (κ2) is 5.14. The maximum atomic E-state index is 12.2. The minimum atomic E-state index is -0.837. The molecule has 2 heterocycles. The number of piperidine rings is 1. The number of nitrogens with zero attached hydrogens (tertiary/aromatic N) is 2. The van der Waals surface area contributed by atoms with Crippen molar-refractivity contribution >= 4 is 12.0 Å². The highest BCUT2D eigenvalue weighted by Crippen LogP contribution is 2.25. The third-order valence-corrected chi connectivity index (χ3v) is 3.87. The van der Waals surface area contributed by atoms with Crippen molar-refractivity contribution in [3.8, 4) is 0 Å². The quantitative estimate of drug-likeness (QED) is 0.703. The number of hydrogen-bond donors (Lipinski definition) is 2. The van der Waals surface area contributed by atoms with Gasteiger partial charge in [0.1, 0.15) is 0 Å². The average Bonchev–Trinajstić information content (AvgIpc) is 2.70. The molecule has 2 aliphatic heterocycles. The molecule has 0 aromatic heterocycles. The van der Waals surface area contributed by atoms with E-state index in [-0.39, 0.29) is 18.5 Å². The summed E-state index contributed by atoms with van der Waals surface area (Å²) in [4.78, 5) is 26.5. The summed E-state index contributed by atoms with van der Waals surface area (Å²) in [7, 11) is 0. The van der Waals surface area contributed by atoms with Crippen LogP contribution in [0.2, 0.25) is 0 Å². The molecular weight excluding hydrogens is 236 g/mol. The SMILES string of the molecule is CC1CN(C(=O)N2CCCC(O)C2)CC1C(=O)O. The van der Waals surface area contributed by atoms with Crippen molar-refractivity contribution < 1.29 is 19.8 Å². The fraction of sp³-hybridized carbons (Fsp3) is 0.833. The lowest BCUT2D eigenvalue weighted by Gasteiger charge is -2.33. The van der Waals surface area contributed by atoms with E-state index >= 15 is 0 Å². The Morgan fingerprint density at radius 1 is 1.17 bits per heavy atom. The number of aliphatic hydroxyl groups is 1. The van der Waals surface area contributed by atoms with Gasteiger partial charge in [0.05, 0.1) is 12.0 Å². The van der Waals surface area contributed by atoms with E-state index < -0.39 is 18.0 Å². The lowest BCUT2D eigenvalue weighted by molar-refractivity contribution is -0.142. The number of amides is 2. The van der Waals surface area contributed by atoms with Gasteiger partial charge in [0.25, 0.3) is 0 Å². The van der Waals surface area contributed by atoms with Gasteiger partial charge in [-0.3, -0.25) is 4.79 Å². The molecule has 6 heteroatoms. The summed E-state index contributed by atoms with van der Waals surface area (Å²) in [5, 5.41) is 18.6. The van der Waals surface area contributed by atoms with Crippen LogP contribution < -0.4 is 0 Å². The Hall–Kier alpha value is -1.30. The molecule has 0 aromatic carbocycles. The molecule has 3 unspecified atom stereocenters. The maximum absolute atomic E-state index is 12.2. The summed E-state index contributed by atoms with van der Waals surface area (Å²) < 4.78 is 0. The molecule has 2 amide bonds. The van der Waals surface area contributed by atoms with Gasteiger partial charge < -0.3 is 20.0 Å². The number of hydrogen-bond acceptors (Lipinski definition) is 3. The maximum Gasteiger partial charge on any atom is 0.320 e. The number of aliphatic hydroxyl groups excluding tert-OH is 1. The van der Waals surface area contributed by atoms with Gasteiger partial charge in [-0.25, -0.2) is 4.79 Å². The number of urea groups is 1. The summed E-state index contributed by atoms with van der Waals surface area (Å²) >= 11 is 0. The normalized spacial score (nSPS) is 32.7. The molecule has 2 N–H and O–H groups in total. The van der Waals surface area contributed by atoms with Crippen LogP contribution in [0.5, 0.6) is 0 Å². The fourth-order valence-corrected chi connectivity index (χ4v) is 2.77. The number of carboxylic acid groups (broad SMARTS) is 1. The molecule has 2 rings (SSSR count). The van der Waals surface area contributed by atoms with Gasteiger partial charge in [0.15, 0.2) is 0 Å². The minimum absolute atomic E-state index is 0.0128. The van der Waals surface area contributed by atoms with Gasteiger partial charge in [-0.05, 0) is 18.8 Å². The van der Waals surface area contributed by atoms with Crippen molar-refractivity contribution in [2.24, 2.45) is 11.8 Å². The van der Waals surface area contributed by atoms with Crippen LogP contribution in [0, 0.1) is 11.8 Å². The number of carbonyl (C=O) groups excluding carboxylic acids is 1. The highest BCUT2D eigenvalue weighted by molar-refractivity contribution is 5.77. The number of β-amino-alcohol motifs (C(OH)–C–C–N with tert-alkyl or cyclic N) is 1. The van der Waals surface area contributed by atoms with Crippen LogP contribution in [0.25, 0.3) is 0 Å². The van der Waals surface area contributed by atoms with E-state index in [0.717, 1.165) is 12.8 Å². The number of likely N-dealkylation sites (tertiary alicyclic amines) is 2. The molecule has 18 heavy (non-hydrogen) atoms. The monoisotopic (exact) mass is 256 g/mol. The summed E-state index contributed by atoms with van der Waals surface area (Å²) in [6.07, 6.45) is 1.09. The first-order valence-electron chi connectivity index (χ1n) is 6.43. The van der Waals surface area contributed by atoms with E-state index in [1.54, 1.807) is 9.80 Å². The third kappa shape index (κ3) is 2.58. The first-order chi connectivity index (χ1) is 8.49. The molecule has 2 aliphatic rings. The first-order valence-corrected chi connectivity index (χ1v) is 6.43. The molecular formula is C12H20N2O4. The Morgan fingerprint density at radius 2 is 1.89 bits per heavy atom. The predicted octanol–water partition coefficient (Wildman–Crippen LogP) is 0.216. The molecule has 2 fully saturated rings. The Morgan fingerprint density at radius 3 is 2.44 bits per heavy atom. The summed E-state index contributed by atoms with van der Waals surface area (Å²) in [5.74, 6) is -1.32. The van der Waals surface area contributed by atoms with Crippen molar-refractivity contribution in [2.75, 3.05) is 26.2 Å². The lowest BCUT2D eigenvalue weighted by Crippen LogP contribution is -2.48. The summed E-state index contributed by atoms with van der Waals surface area (Å²) in [5.41, 5.74) is 0.